The maximum Gasteiger partial charge on any atom is 0.334 e. The fourth-order valence-corrected chi connectivity index (χ4v) is 13.5. The predicted molar refractivity (Wildman–Crippen MR) is 287 cm³/mol. The Morgan fingerprint density at radius 2 is 1.10 bits per heavy atom. The zero-order chi connectivity index (χ0) is 44.6. The van der Waals surface area contributed by atoms with Gasteiger partial charge in [0.05, 0.1) is 11.1 Å². The number of anilines is 5. The van der Waals surface area contributed by atoms with Gasteiger partial charge in [-0.3, -0.25) is 0 Å². The van der Waals surface area contributed by atoms with E-state index in [2.05, 4.69) is 249 Å². The van der Waals surface area contributed by atoms with E-state index in [0.29, 0.717) is 0 Å². The van der Waals surface area contributed by atoms with E-state index >= 15 is 0 Å². The zero-order valence-electron chi connectivity index (χ0n) is 37.7. The molecule has 3 aliphatic heterocycles. The second kappa shape index (κ2) is 14.2. The maximum absolute atomic E-state index is 2.77. The fourth-order valence-electron chi connectivity index (χ4n) is 12.2. The van der Waals surface area contributed by atoms with Crippen LogP contribution in [0.25, 0.3) is 53.2 Å². The minimum Gasteiger partial charge on any atom is -0.376 e. The molecule has 0 radical (unpaired) electrons. The van der Waals surface area contributed by atoms with Gasteiger partial charge in [0.2, 0.25) is 0 Å². The Hall–Kier alpha value is -7.66. The van der Waals surface area contributed by atoms with Crippen molar-refractivity contribution in [3.8, 4) is 22.3 Å². The molecule has 11 aromatic rings. The zero-order valence-corrected chi connectivity index (χ0v) is 38.5. The number of para-hydroxylation sites is 2. The average Bonchev–Trinajstić information content (AvgIpc) is 3.76. The predicted octanol–water partition coefficient (Wildman–Crippen LogP) is 15.6. The molecule has 67 heavy (non-hydrogen) atoms. The van der Waals surface area contributed by atoms with E-state index < -0.39 is 5.41 Å². The van der Waals surface area contributed by atoms with E-state index in [0.717, 1.165) is 0 Å². The first-order valence-corrected chi connectivity index (χ1v) is 24.4. The third-order valence-corrected chi connectivity index (χ3v) is 16.3. The van der Waals surface area contributed by atoms with Crippen molar-refractivity contribution in [1.82, 2.24) is 0 Å². The number of rotatable bonds is 4. The highest BCUT2D eigenvalue weighted by atomic mass is 32.1. The molecule has 0 amide bonds. The summed E-state index contributed by atoms with van der Waals surface area (Å²) in [4.78, 5) is 5.41. The van der Waals surface area contributed by atoms with E-state index in [-0.39, 0.29) is 12.3 Å². The molecule has 0 N–H and O–H groups in total. The van der Waals surface area contributed by atoms with Crippen LogP contribution in [0.15, 0.2) is 218 Å². The van der Waals surface area contributed by atoms with Gasteiger partial charge >= 0.3 is 6.85 Å². The summed E-state index contributed by atoms with van der Waals surface area (Å²) in [6.45, 7) is 6.82. The summed E-state index contributed by atoms with van der Waals surface area (Å²) in [7, 11) is 0. The summed E-state index contributed by atoms with van der Waals surface area (Å²) < 4.78 is 2.65. The van der Waals surface area contributed by atoms with Crippen LogP contribution in [0.4, 0.5) is 28.4 Å². The molecule has 0 atom stereocenters. The van der Waals surface area contributed by atoms with Crippen LogP contribution in [-0.4, -0.2) is 6.85 Å². The van der Waals surface area contributed by atoms with Crippen LogP contribution in [0.2, 0.25) is 0 Å². The van der Waals surface area contributed by atoms with Crippen LogP contribution in [0, 0.1) is 0 Å². The van der Waals surface area contributed by atoms with Gasteiger partial charge in [0.25, 0.3) is 0 Å². The third-order valence-electron chi connectivity index (χ3n) is 15.0. The lowest BCUT2D eigenvalue weighted by Gasteiger charge is -2.53. The fraction of sp³-hybridized carbons (Fsp3) is 0.0794. The molecule has 1 aromatic heterocycles. The summed E-state index contributed by atoms with van der Waals surface area (Å²) in [5.74, 6) is 0. The molecule has 0 bridgehead atoms. The maximum atomic E-state index is 2.77. The minimum atomic E-state index is -0.585. The molecule has 4 heteroatoms. The first kappa shape index (κ1) is 38.6. The minimum absolute atomic E-state index is 0.0316. The molecule has 14 rings (SSSR count). The van der Waals surface area contributed by atoms with Crippen molar-refractivity contribution in [3.05, 3.63) is 246 Å². The molecule has 10 aromatic carbocycles. The highest BCUT2D eigenvalue weighted by Gasteiger charge is 2.54. The molecule has 316 valence electrons. The summed E-state index contributed by atoms with van der Waals surface area (Å²) in [5, 5.41) is 5.13. The van der Waals surface area contributed by atoms with Crippen LogP contribution < -0.4 is 20.6 Å². The Kier molecular flexibility index (Phi) is 8.17. The lowest BCUT2D eigenvalue weighted by atomic mass is 9.41. The van der Waals surface area contributed by atoms with Gasteiger partial charge in [-0.05, 0) is 102 Å². The molecule has 0 unspecified atom stereocenters. The number of fused-ring (bicyclic) bond motifs is 12. The summed E-state index contributed by atoms with van der Waals surface area (Å²) in [6.07, 6.45) is 0. The van der Waals surface area contributed by atoms with Crippen molar-refractivity contribution < 1.29 is 0 Å². The number of hydrogen-bond donors (Lipinski definition) is 0. The Morgan fingerprint density at radius 1 is 0.463 bits per heavy atom. The molecular weight excluding hydrogens is 828 g/mol. The average molecular weight is 873 g/mol. The van der Waals surface area contributed by atoms with E-state index in [9.17, 15) is 0 Å². The van der Waals surface area contributed by atoms with E-state index in [1.807, 2.05) is 11.3 Å². The molecule has 0 fully saturated rings. The highest BCUT2D eigenvalue weighted by Crippen LogP contribution is 2.61. The first-order chi connectivity index (χ1) is 32.9. The number of thiophene rings is 1. The molecule has 3 aliphatic rings. The van der Waals surface area contributed by atoms with Crippen molar-refractivity contribution in [2.24, 2.45) is 0 Å². The van der Waals surface area contributed by atoms with Crippen molar-refractivity contribution in [3.63, 3.8) is 0 Å². The summed E-state index contributed by atoms with van der Waals surface area (Å²) in [6, 6.07) is 82.7. The quantitative estimate of drug-likeness (QED) is 0.163. The largest absolute Gasteiger partial charge is 0.376 e. The Morgan fingerprint density at radius 3 is 1.87 bits per heavy atom. The molecule has 0 saturated carbocycles. The van der Waals surface area contributed by atoms with E-state index in [4.69, 9.17) is 0 Å². The van der Waals surface area contributed by atoms with E-state index in [1.165, 1.54) is 120 Å². The Balaban J connectivity index is 1.19. The highest BCUT2D eigenvalue weighted by molar-refractivity contribution is 7.27. The third kappa shape index (κ3) is 5.28. The molecule has 0 saturated heterocycles. The van der Waals surface area contributed by atoms with Crippen LogP contribution >= 0.6 is 11.3 Å². The van der Waals surface area contributed by atoms with Gasteiger partial charge < -0.3 is 9.71 Å². The number of nitrogens with zero attached hydrogens (tertiary/aromatic N) is 2. The molecule has 0 spiro atoms. The van der Waals surface area contributed by atoms with Crippen LogP contribution in [-0.2, 0) is 10.8 Å². The van der Waals surface area contributed by atoms with Crippen molar-refractivity contribution in [2.45, 2.75) is 31.6 Å². The molecule has 2 nitrogen and oxygen atoms in total. The molecular formula is C63H45BN2S. The Bertz CT molecular complexity index is 3770. The van der Waals surface area contributed by atoms with Gasteiger partial charge in [0, 0.05) is 54.0 Å². The van der Waals surface area contributed by atoms with E-state index in [1.54, 1.807) is 0 Å². The van der Waals surface area contributed by atoms with Crippen LogP contribution in [0.3, 0.4) is 0 Å². The Labute approximate surface area is 396 Å². The SMILES string of the molecule is CC(C)(C)c1ccc(N2c3cc4ccccc4c4c3B(c3c2ccc2c3sc3ccccc32)N2c3ccccc3C(c3ccccc3)(c3ccccc3)c3cccc-4c32)c(-c2ccccc2)c1. The van der Waals surface area contributed by atoms with Gasteiger partial charge in [-0.2, -0.15) is 0 Å². The number of hydrogen-bond acceptors (Lipinski definition) is 3. The summed E-state index contributed by atoms with van der Waals surface area (Å²) >= 11 is 1.94. The first-order valence-electron chi connectivity index (χ1n) is 23.5. The van der Waals surface area contributed by atoms with Crippen molar-refractivity contribution >= 4 is 88.5 Å². The topological polar surface area (TPSA) is 6.48 Å². The molecule has 0 aliphatic carbocycles. The van der Waals surface area contributed by atoms with Crippen LogP contribution in [0.5, 0.6) is 0 Å². The van der Waals surface area contributed by atoms with Gasteiger partial charge in [-0.15, -0.1) is 11.3 Å². The van der Waals surface area contributed by atoms with Crippen molar-refractivity contribution in [1.29, 1.82) is 0 Å². The second-order valence-corrected chi connectivity index (χ2v) is 20.6. The lowest BCUT2D eigenvalue weighted by Crippen LogP contribution is -2.63. The van der Waals surface area contributed by atoms with Gasteiger partial charge in [0.15, 0.2) is 0 Å². The number of benzene rings is 10. The van der Waals surface area contributed by atoms with Gasteiger partial charge in [-0.1, -0.05) is 203 Å². The van der Waals surface area contributed by atoms with Crippen molar-refractivity contribution in [2.75, 3.05) is 9.71 Å². The lowest BCUT2D eigenvalue weighted by molar-refractivity contribution is 0.590. The molecule has 4 heterocycles. The van der Waals surface area contributed by atoms with Gasteiger partial charge in [0.1, 0.15) is 0 Å². The summed E-state index contributed by atoms with van der Waals surface area (Å²) in [5.41, 5.74) is 19.7. The monoisotopic (exact) mass is 872 g/mol. The van der Waals surface area contributed by atoms with Gasteiger partial charge in [-0.25, -0.2) is 0 Å². The van der Waals surface area contributed by atoms with Crippen LogP contribution in [0.1, 0.15) is 48.6 Å². The smallest absolute Gasteiger partial charge is 0.334 e. The standard InChI is InChI=1S/C63H45BN2S/c1-62(2,3)44-34-36-52(49(39-44)40-20-7-4-8-21-40)65-54-37-35-47-46-28-15-18-33-56(46)67-61(47)59(54)64-58-55(65)38-41-22-13-14-27-45(41)57(58)48-29-19-31-51-60(48)66(64)53-32-17-16-30-50(53)63(51,42-23-9-5-10-24-42)43-25-11-6-12-26-43/h4-39H,1-3H3. The normalized spacial score (nSPS) is 14.2. The second-order valence-electron chi connectivity index (χ2n) is 19.5.